The van der Waals surface area contributed by atoms with E-state index in [1.807, 2.05) is 13.8 Å². The van der Waals surface area contributed by atoms with Gasteiger partial charge in [-0.1, -0.05) is 26.1 Å². The zero-order valence-corrected chi connectivity index (χ0v) is 8.78. The van der Waals surface area contributed by atoms with Crippen molar-refractivity contribution in [3.8, 4) is 0 Å². The van der Waals surface area contributed by atoms with Gasteiger partial charge >= 0.3 is 6.03 Å². The van der Waals surface area contributed by atoms with Gasteiger partial charge in [0.2, 0.25) is 0 Å². The summed E-state index contributed by atoms with van der Waals surface area (Å²) in [4.78, 5) is 11.6. The lowest BCUT2D eigenvalue weighted by molar-refractivity contribution is 0.238. The third-order valence-electron chi connectivity index (χ3n) is 1.69. The number of nitrogens with one attached hydrogen (secondary N) is 2. The topological polar surface area (TPSA) is 61.4 Å². The van der Waals surface area contributed by atoms with E-state index in [9.17, 15) is 4.79 Å². The Kier molecular flexibility index (Phi) is 6.44. The minimum atomic E-state index is -0.348. The molecule has 0 aromatic rings. The van der Waals surface area contributed by atoms with Crippen LogP contribution in [0.25, 0.3) is 0 Å². The van der Waals surface area contributed by atoms with Crippen LogP contribution in [-0.4, -0.2) is 29.3 Å². The Labute approximate surface area is 83.7 Å². The Bertz CT molecular complexity index is 185. The van der Waals surface area contributed by atoms with Crippen molar-refractivity contribution in [1.82, 2.24) is 10.6 Å². The van der Waals surface area contributed by atoms with Crippen LogP contribution in [0, 0.1) is 5.92 Å². The van der Waals surface area contributed by atoms with Gasteiger partial charge in [0.05, 0.1) is 11.6 Å². The quantitative estimate of drug-likeness (QED) is 0.589. The Hall–Kier alpha value is -0.680. The second-order valence-electron chi connectivity index (χ2n) is 2.78. The Morgan fingerprint density at radius 3 is 2.69 bits per heavy atom. The van der Waals surface area contributed by atoms with Gasteiger partial charge in [0, 0.05) is 12.5 Å². The van der Waals surface area contributed by atoms with E-state index in [0.717, 1.165) is 6.42 Å². The maximum absolute atomic E-state index is 11.0. The molecule has 0 saturated heterocycles. The van der Waals surface area contributed by atoms with Crippen molar-refractivity contribution in [3.63, 3.8) is 0 Å². The van der Waals surface area contributed by atoms with Crippen molar-refractivity contribution in [1.29, 1.82) is 0 Å². The van der Waals surface area contributed by atoms with Crippen LogP contribution in [0.4, 0.5) is 4.79 Å². The highest BCUT2D eigenvalue weighted by Gasteiger charge is 2.08. The molecule has 1 unspecified atom stereocenters. The Morgan fingerprint density at radius 1 is 1.62 bits per heavy atom. The number of carbonyl (C=O) groups excluding carboxylic acids is 1. The average Bonchev–Trinajstić information content (AvgIpc) is 2.13. The average molecular weight is 204 g/mol. The molecule has 0 bridgehead atoms. The normalized spacial score (nSPS) is 11.9. The number of rotatable bonds is 4. The van der Waals surface area contributed by atoms with E-state index < -0.39 is 0 Å². The first-order chi connectivity index (χ1) is 6.11. The lowest BCUT2D eigenvalue weighted by Crippen LogP contribution is -2.41. The molecular weight excluding hydrogens is 188 g/mol. The molecule has 0 rings (SSSR count). The van der Waals surface area contributed by atoms with Crippen molar-refractivity contribution in [2.45, 2.75) is 20.3 Å². The molecule has 0 spiro atoms. The van der Waals surface area contributed by atoms with E-state index in [4.69, 9.17) is 17.3 Å². The van der Waals surface area contributed by atoms with Gasteiger partial charge in [-0.25, -0.2) is 4.79 Å². The van der Waals surface area contributed by atoms with Crippen molar-refractivity contribution >= 4 is 23.2 Å². The van der Waals surface area contributed by atoms with Crippen LogP contribution in [0.15, 0.2) is 0 Å². The van der Waals surface area contributed by atoms with Crippen molar-refractivity contribution in [2.24, 2.45) is 5.92 Å². The first kappa shape index (κ1) is 12.3. The molecule has 0 heterocycles. The fourth-order valence-corrected chi connectivity index (χ4v) is 0.893. The van der Waals surface area contributed by atoms with Crippen molar-refractivity contribution in [3.05, 3.63) is 0 Å². The zero-order chi connectivity index (χ0) is 10.3. The first-order valence-electron chi connectivity index (χ1n) is 4.31. The summed E-state index contributed by atoms with van der Waals surface area (Å²) in [5.74, 6) is 0.204. The second-order valence-corrected chi connectivity index (χ2v) is 3.22. The number of aliphatic hydroxyl groups is 1. The Balaban J connectivity index is 3.71. The molecule has 0 aromatic carbocycles. The van der Waals surface area contributed by atoms with E-state index >= 15 is 0 Å². The molecule has 5 heteroatoms. The molecule has 3 N–H and O–H groups in total. The smallest absolute Gasteiger partial charge is 0.319 e. The summed E-state index contributed by atoms with van der Waals surface area (Å²) in [5, 5.41) is 13.4. The van der Waals surface area contributed by atoms with Gasteiger partial charge in [0.15, 0.2) is 0 Å². The van der Waals surface area contributed by atoms with Gasteiger partial charge in [-0.05, 0) is 6.42 Å². The lowest BCUT2D eigenvalue weighted by Gasteiger charge is -2.12. The third kappa shape index (κ3) is 5.54. The van der Waals surface area contributed by atoms with Crippen molar-refractivity contribution in [2.75, 3.05) is 13.2 Å². The van der Waals surface area contributed by atoms with Gasteiger partial charge in [0.1, 0.15) is 0 Å². The molecule has 1 atom stereocenters. The number of hydrogen-bond donors (Lipinski definition) is 3. The molecule has 13 heavy (non-hydrogen) atoms. The number of thiocarbonyl (C=S) groups is 1. The molecule has 0 fully saturated rings. The molecular formula is C8H16N2O2S. The fraction of sp³-hybridized carbons (Fsp3) is 0.750. The predicted octanol–water partition coefficient (Wildman–Crippen LogP) is 0.651. The molecule has 76 valence electrons. The number of amides is 2. The van der Waals surface area contributed by atoms with Crippen molar-refractivity contribution < 1.29 is 9.90 Å². The second kappa shape index (κ2) is 6.80. The molecule has 2 amide bonds. The summed E-state index contributed by atoms with van der Waals surface area (Å²) in [5.41, 5.74) is 0. The highest BCUT2D eigenvalue weighted by atomic mass is 32.1. The molecule has 0 aliphatic rings. The van der Waals surface area contributed by atoms with E-state index in [-0.39, 0.29) is 25.1 Å². The summed E-state index contributed by atoms with van der Waals surface area (Å²) >= 11 is 4.97. The molecule has 0 aliphatic heterocycles. The number of aliphatic hydroxyl groups excluding tert-OH is 1. The molecule has 0 aliphatic carbocycles. The number of urea groups is 1. The van der Waals surface area contributed by atoms with Crippen LogP contribution < -0.4 is 10.6 Å². The third-order valence-corrected chi connectivity index (χ3v) is 2.20. The minimum Gasteiger partial charge on any atom is -0.395 e. The van der Waals surface area contributed by atoms with Crippen LogP contribution in [0.3, 0.4) is 0 Å². The predicted molar refractivity (Wildman–Crippen MR) is 55.7 cm³/mol. The largest absolute Gasteiger partial charge is 0.395 e. The van der Waals surface area contributed by atoms with E-state index in [0.29, 0.717) is 4.99 Å². The minimum absolute atomic E-state index is 0.0660. The standard InChI is InChI=1S/C8H16N2O2S/c1-3-6(2)7(13)10-8(12)9-4-5-11/h6,11H,3-5H2,1-2H3,(H2,9,10,12,13). The van der Waals surface area contributed by atoms with Gasteiger partial charge in [-0.2, -0.15) is 0 Å². The van der Waals surface area contributed by atoms with Gasteiger partial charge in [-0.3, -0.25) is 0 Å². The maximum atomic E-state index is 11.0. The van der Waals surface area contributed by atoms with E-state index in [1.165, 1.54) is 0 Å². The van der Waals surface area contributed by atoms with Gasteiger partial charge < -0.3 is 15.7 Å². The van der Waals surface area contributed by atoms with Crippen LogP contribution in [-0.2, 0) is 0 Å². The summed E-state index contributed by atoms with van der Waals surface area (Å²) < 4.78 is 0. The summed E-state index contributed by atoms with van der Waals surface area (Å²) in [6.45, 7) is 4.14. The fourth-order valence-electron chi connectivity index (χ4n) is 0.634. The van der Waals surface area contributed by atoms with E-state index in [1.54, 1.807) is 0 Å². The van der Waals surface area contributed by atoms with Crippen LogP contribution >= 0.6 is 12.2 Å². The SMILES string of the molecule is CCC(C)C(=S)NC(=O)NCCO. The summed E-state index contributed by atoms with van der Waals surface area (Å²) in [6.07, 6.45) is 0.902. The first-order valence-corrected chi connectivity index (χ1v) is 4.72. The highest BCUT2D eigenvalue weighted by Crippen LogP contribution is 2.01. The molecule has 0 radical (unpaired) electrons. The maximum Gasteiger partial charge on any atom is 0.319 e. The monoisotopic (exact) mass is 204 g/mol. The van der Waals surface area contributed by atoms with Gasteiger partial charge in [0.25, 0.3) is 0 Å². The zero-order valence-electron chi connectivity index (χ0n) is 7.96. The molecule has 0 aromatic heterocycles. The number of hydrogen-bond acceptors (Lipinski definition) is 3. The summed E-state index contributed by atoms with van der Waals surface area (Å²) in [6, 6.07) is -0.348. The number of carbonyl (C=O) groups is 1. The van der Waals surface area contributed by atoms with Crippen LogP contribution in [0.1, 0.15) is 20.3 Å². The van der Waals surface area contributed by atoms with E-state index in [2.05, 4.69) is 10.6 Å². The van der Waals surface area contributed by atoms with Crippen LogP contribution in [0.5, 0.6) is 0 Å². The molecule has 4 nitrogen and oxygen atoms in total. The summed E-state index contributed by atoms with van der Waals surface area (Å²) in [7, 11) is 0. The Morgan fingerprint density at radius 2 is 2.23 bits per heavy atom. The van der Waals surface area contributed by atoms with Crippen LogP contribution in [0.2, 0.25) is 0 Å². The van der Waals surface area contributed by atoms with Gasteiger partial charge in [-0.15, -0.1) is 0 Å². The highest BCUT2D eigenvalue weighted by molar-refractivity contribution is 7.80. The lowest BCUT2D eigenvalue weighted by atomic mass is 10.1. The molecule has 0 saturated carbocycles.